The lowest BCUT2D eigenvalue weighted by Gasteiger charge is -1.93. The molecule has 2 rings (SSSR count). The lowest BCUT2D eigenvalue weighted by atomic mass is 10.1. The second-order valence-corrected chi connectivity index (χ2v) is 4.07. The molecule has 0 unspecified atom stereocenters. The van der Waals surface area contributed by atoms with E-state index in [-0.39, 0.29) is 5.78 Å². The minimum Gasteiger partial charge on any atom is -0.295 e. The molecule has 0 amide bonds. The van der Waals surface area contributed by atoms with E-state index in [1.165, 1.54) is 17.6 Å². The summed E-state index contributed by atoms with van der Waals surface area (Å²) >= 11 is 0. The summed E-state index contributed by atoms with van der Waals surface area (Å²) in [5.41, 5.74) is 3.44. The Bertz CT molecular complexity index is 408. The molecule has 1 heteroatoms. The Hall–Kier alpha value is -1.63. The highest BCUT2D eigenvalue weighted by atomic mass is 16.1. The predicted octanol–water partition coefficient (Wildman–Crippen LogP) is 4.09. The van der Waals surface area contributed by atoms with Crippen molar-refractivity contribution in [3.05, 3.63) is 59.2 Å². The molecule has 1 aliphatic rings. The third-order valence-electron chi connectivity index (χ3n) is 2.41. The molecular weight excluding hydrogens is 196 g/mol. The molecule has 0 saturated carbocycles. The molecule has 0 saturated heterocycles. The molecule has 0 atom stereocenters. The minimum atomic E-state index is 0.125. The number of benzene rings is 1. The Labute approximate surface area is 97.5 Å². The number of carbonyl (C=O) groups is 1. The largest absolute Gasteiger partial charge is 0.295 e. The smallest absolute Gasteiger partial charge is 0.159 e. The van der Waals surface area contributed by atoms with Crippen LogP contribution in [-0.2, 0) is 0 Å². The highest BCUT2D eigenvalue weighted by Gasteiger charge is 1.95. The van der Waals surface area contributed by atoms with Crippen LogP contribution < -0.4 is 0 Å². The second kappa shape index (κ2) is 6.06. The predicted molar refractivity (Wildman–Crippen MR) is 68.7 cm³/mol. The normalized spacial score (nSPS) is 12.8. The lowest BCUT2D eigenvalue weighted by molar-refractivity contribution is 0.101. The van der Waals surface area contributed by atoms with E-state index < -0.39 is 0 Å². The van der Waals surface area contributed by atoms with Crippen molar-refractivity contribution in [2.75, 3.05) is 0 Å². The Balaban J connectivity index is 0.000000181. The van der Waals surface area contributed by atoms with Gasteiger partial charge in [-0.2, -0.15) is 0 Å². The summed E-state index contributed by atoms with van der Waals surface area (Å²) in [7, 11) is 0. The van der Waals surface area contributed by atoms with Crippen molar-refractivity contribution in [3.8, 4) is 0 Å². The number of rotatable bonds is 1. The standard InChI is InChI=1S/C9H10O.C6H8/c1-7-3-5-9(6-4-7)8(2)10;1-6-4-2-3-5-6/h3-6H,1-2H3;2-4H,5H2,1H3. The van der Waals surface area contributed by atoms with Crippen LogP contribution in [0.2, 0.25) is 0 Å². The Morgan fingerprint density at radius 3 is 2.06 bits per heavy atom. The summed E-state index contributed by atoms with van der Waals surface area (Å²) in [5.74, 6) is 0.125. The maximum Gasteiger partial charge on any atom is 0.159 e. The maximum absolute atomic E-state index is 10.8. The van der Waals surface area contributed by atoms with E-state index >= 15 is 0 Å². The molecule has 1 aliphatic carbocycles. The molecular formula is C15H18O. The quantitative estimate of drug-likeness (QED) is 0.643. The molecule has 0 spiro atoms. The summed E-state index contributed by atoms with van der Waals surface area (Å²) in [6.07, 6.45) is 7.56. The highest BCUT2D eigenvalue weighted by molar-refractivity contribution is 5.93. The number of aryl methyl sites for hydroxylation is 1. The van der Waals surface area contributed by atoms with Crippen molar-refractivity contribution in [1.29, 1.82) is 0 Å². The zero-order valence-corrected chi connectivity index (χ0v) is 10.2. The zero-order chi connectivity index (χ0) is 12.0. The molecule has 0 bridgehead atoms. The number of hydrogen-bond acceptors (Lipinski definition) is 1. The van der Waals surface area contributed by atoms with Crippen molar-refractivity contribution in [1.82, 2.24) is 0 Å². The van der Waals surface area contributed by atoms with Crippen molar-refractivity contribution < 1.29 is 4.79 Å². The number of Topliss-reactive ketones (excluding diaryl/α,β-unsaturated/α-hetero) is 1. The number of ketones is 1. The fourth-order valence-corrected chi connectivity index (χ4v) is 1.34. The maximum atomic E-state index is 10.8. The average Bonchev–Trinajstić information content (AvgIpc) is 2.71. The fraction of sp³-hybridized carbons (Fsp3) is 0.267. The summed E-state index contributed by atoms with van der Waals surface area (Å²) in [4.78, 5) is 10.8. The third-order valence-corrected chi connectivity index (χ3v) is 2.41. The van der Waals surface area contributed by atoms with Gasteiger partial charge in [-0.15, -0.1) is 0 Å². The SMILES string of the molecule is CC(=O)c1ccc(C)cc1.CC1=CC=CC1. The van der Waals surface area contributed by atoms with Crippen molar-refractivity contribution in [2.24, 2.45) is 0 Å². The molecule has 0 radical (unpaired) electrons. The molecule has 0 heterocycles. The van der Waals surface area contributed by atoms with E-state index in [9.17, 15) is 4.79 Å². The van der Waals surface area contributed by atoms with E-state index in [2.05, 4.69) is 25.2 Å². The second-order valence-electron chi connectivity index (χ2n) is 4.07. The number of carbonyl (C=O) groups excluding carboxylic acids is 1. The average molecular weight is 214 g/mol. The van der Waals surface area contributed by atoms with Crippen molar-refractivity contribution in [3.63, 3.8) is 0 Å². The first kappa shape index (κ1) is 12.4. The van der Waals surface area contributed by atoms with Crippen LogP contribution in [0.5, 0.6) is 0 Å². The molecule has 0 N–H and O–H groups in total. The minimum absolute atomic E-state index is 0.125. The first-order valence-electron chi connectivity index (χ1n) is 5.49. The van der Waals surface area contributed by atoms with Crippen LogP contribution in [0.15, 0.2) is 48.1 Å². The third kappa shape index (κ3) is 4.26. The summed E-state index contributed by atoms with van der Waals surface area (Å²) in [6.45, 7) is 5.72. The zero-order valence-electron chi connectivity index (χ0n) is 10.2. The monoisotopic (exact) mass is 214 g/mol. The first-order valence-corrected chi connectivity index (χ1v) is 5.49. The van der Waals surface area contributed by atoms with Gasteiger partial charge < -0.3 is 0 Å². The van der Waals surface area contributed by atoms with Crippen LogP contribution in [0, 0.1) is 6.92 Å². The highest BCUT2D eigenvalue weighted by Crippen LogP contribution is 2.06. The molecule has 0 fully saturated rings. The Morgan fingerprint density at radius 2 is 1.75 bits per heavy atom. The van der Waals surface area contributed by atoms with Gasteiger partial charge in [-0.3, -0.25) is 4.79 Å². The van der Waals surface area contributed by atoms with Gasteiger partial charge >= 0.3 is 0 Å². The lowest BCUT2D eigenvalue weighted by Crippen LogP contribution is -1.90. The van der Waals surface area contributed by atoms with Gasteiger partial charge in [0.05, 0.1) is 0 Å². The summed E-state index contributed by atoms with van der Waals surface area (Å²) in [5, 5.41) is 0. The van der Waals surface area contributed by atoms with Gasteiger partial charge in [-0.25, -0.2) is 0 Å². The van der Waals surface area contributed by atoms with E-state index in [4.69, 9.17) is 0 Å². The van der Waals surface area contributed by atoms with Crippen molar-refractivity contribution >= 4 is 5.78 Å². The van der Waals surface area contributed by atoms with Gasteiger partial charge in [0.15, 0.2) is 5.78 Å². The number of allylic oxidation sites excluding steroid dienone is 4. The van der Waals surface area contributed by atoms with Gasteiger partial charge in [0.2, 0.25) is 0 Å². The molecule has 16 heavy (non-hydrogen) atoms. The van der Waals surface area contributed by atoms with Gasteiger partial charge in [-0.05, 0) is 27.2 Å². The van der Waals surface area contributed by atoms with Crippen LogP contribution >= 0.6 is 0 Å². The Kier molecular flexibility index (Phi) is 4.71. The van der Waals surface area contributed by atoms with Crippen LogP contribution in [0.1, 0.15) is 36.2 Å². The van der Waals surface area contributed by atoms with E-state index in [1.807, 2.05) is 31.2 Å². The van der Waals surface area contributed by atoms with E-state index in [0.717, 1.165) is 5.56 Å². The fourth-order valence-electron chi connectivity index (χ4n) is 1.34. The van der Waals surface area contributed by atoms with E-state index in [0.29, 0.717) is 0 Å². The topological polar surface area (TPSA) is 17.1 Å². The first-order chi connectivity index (χ1) is 7.59. The molecule has 1 aromatic carbocycles. The van der Waals surface area contributed by atoms with Crippen LogP contribution in [0.3, 0.4) is 0 Å². The molecule has 0 aliphatic heterocycles. The van der Waals surface area contributed by atoms with E-state index in [1.54, 1.807) is 6.92 Å². The summed E-state index contributed by atoms with van der Waals surface area (Å²) < 4.78 is 0. The number of hydrogen-bond donors (Lipinski definition) is 0. The molecule has 84 valence electrons. The molecule has 1 aromatic rings. The van der Waals surface area contributed by atoms with Crippen LogP contribution in [-0.4, -0.2) is 5.78 Å². The Morgan fingerprint density at radius 1 is 1.12 bits per heavy atom. The van der Waals surface area contributed by atoms with Gasteiger partial charge in [0.1, 0.15) is 0 Å². The molecule has 0 aromatic heterocycles. The summed E-state index contributed by atoms with van der Waals surface area (Å²) in [6, 6.07) is 7.57. The van der Waals surface area contributed by atoms with Gasteiger partial charge in [0.25, 0.3) is 0 Å². The van der Waals surface area contributed by atoms with Crippen LogP contribution in [0.4, 0.5) is 0 Å². The van der Waals surface area contributed by atoms with Crippen molar-refractivity contribution in [2.45, 2.75) is 27.2 Å². The van der Waals surface area contributed by atoms with Gasteiger partial charge in [-0.1, -0.05) is 53.6 Å². The van der Waals surface area contributed by atoms with Crippen LogP contribution in [0.25, 0.3) is 0 Å². The molecule has 1 nitrogen and oxygen atoms in total. The van der Waals surface area contributed by atoms with Gasteiger partial charge in [0, 0.05) is 5.56 Å².